The third kappa shape index (κ3) is 3.54. The van der Waals surface area contributed by atoms with E-state index in [4.69, 9.17) is 9.47 Å². The van der Waals surface area contributed by atoms with Gasteiger partial charge in [-0.05, 0) is 18.9 Å². The van der Waals surface area contributed by atoms with Gasteiger partial charge in [-0.25, -0.2) is 4.79 Å². The molecule has 0 radical (unpaired) electrons. The van der Waals surface area contributed by atoms with Crippen LogP contribution in [0.3, 0.4) is 0 Å². The third-order valence-corrected chi connectivity index (χ3v) is 4.99. The Labute approximate surface area is 148 Å². The first kappa shape index (κ1) is 17.5. The number of hydrogen-bond donors (Lipinski definition) is 0. The Morgan fingerprint density at radius 3 is 2.56 bits per heavy atom. The number of morpholine rings is 1. The van der Waals surface area contributed by atoms with Crippen LogP contribution in [0.2, 0.25) is 0 Å². The molecule has 1 unspecified atom stereocenters. The predicted molar refractivity (Wildman–Crippen MR) is 92.6 cm³/mol. The zero-order valence-electron chi connectivity index (χ0n) is 14.7. The van der Waals surface area contributed by atoms with Gasteiger partial charge in [0, 0.05) is 19.2 Å². The van der Waals surface area contributed by atoms with Crippen LogP contribution in [0.4, 0.5) is 4.79 Å². The van der Waals surface area contributed by atoms with Crippen molar-refractivity contribution in [3.63, 3.8) is 0 Å². The fourth-order valence-electron chi connectivity index (χ4n) is 3.14. The van der Waals surface area contributed by atoms with Crippen molar-refractivity contribution in [2.24, 2.45) is 0 Å². The van der Waals surface area contributed by atoms with Gasteiger partial charge in [0.25, 0.3) is 0 Å². The van der Waals surface area contributed by atoms with Crippen LogP contribution in [0.5, 0.6) is 0 Å². The van der Waals surface area contributed by atoms with Gasteiger partial charge in [0.2, 0.25) is 5.91 Å². The Hall–Kier alpha value is -2.34. The maximum atomic E-state index is 12.5. The fraction of sp³-hybridized carbons (Fsp3) is 0.474. The van der Waals surface area contributed by atoms with Crippen molar-refractivity contribution in [1.82, 2.24) is 9.80 Å². The zero-order valence-corrected chi connectivity index (χ0v) is 14.7. The minimum absolute atomic E-state index is 0.132. The first-order valence-electron chi connectivity index (χ1n) is 8.67. The number of benzene rings is 1. The molecule has 1 atom stereocenters. The van der Waals surface area contributed by atoms with Gasteiger partial charge in [-0.1, -0.05) is 37.3 Å². The molecule has 134 valence electrons. The summed E-state index contributed by atoms with van der Waals surface area (Å²) < 4.78 is 10.8. The Morgan fingerprint density at radius 1 is 1.24 bits per heavy atom. The summed E-state index contributed by atoms with van der Waals surface area (Å²) in [7, 11) is 0. The zero-order chi connectivity index (χ0) is 17.9. The van der Waals surface area contributed by atoms with Crippen molar-refractivity contribution in [3.8, 4) is 0 Å². The average Bonchev–Trinajstić information content (AvgIpc) is 2.88. The molecule has 3 rings (SSSR count). The standard InChI is InChI=1S/C19H24N2O4/c1-3-19(2)16(13-17(22)20-9-11-24-12-10-20)25-18(23)21(19)14-15-7-5-4-6-8-15/h4-8,13H,3,9-12,14H2,1-2H3/b16-13+. The monoisotopic (exact) mass is 344 g/mol. The predicted octanol–water partition coefficient (Wildman–Crippen LogP) is 2.55. The molecule has 0 aliphatic carbocycles. The number of carbonyl (C=O) groups is 2. The summed E-state index contributed by atoms with van der Waals surface area (Å²) in [5.41, 5.74) is 0.398. The van der Waals surface area contributed by atoms with Crippen LogP contribution in [0.25, 0.3) is 0 Å². The molecule has 1 aromatic rings. The van der Waals surface area contributed by atoms with E-state index in [2.05, 4.69) is 0 Å². The highest BCUT2D eigenvalue weighted by atomic mass is 16.6. The highest BCUT2D eigenvalue weighted by Crippen LogP contribution is 2.37. The largest absolute Gasteiger partial charge is 0.416 e. The van der Waals surface area contributed by atoms with Gasteiger partial charge in [0.15, 0.2) is 0 Å². The molecule has 2 fully saturated rings. The highest BCUT2D eigenvalue weighted by molar-refractivity contribution is 5.90. The maximum absolute atomic E-state index is 12.5. The summed E-state index contributed by atoms with van der Waals surface area (Å²) in [6.45, 7) is 6.60. The van der Waals surface area contributed by atoms with E-state index in [0.717, 1.165) is 5.56 Å². The molecular weight excluding hydrogens is 320 g/mol. The van der Waals surface area contributed by atoms with E-state index < -0.39 is 11.6 Å². The van der Waals surface area contributed by atoms with Gasteiger partial charge in [-0.3, -0.25) is 9.69 Å². The van der Waals surface area contributed by atoms with Crippen molar-refractivity contribution in [3.05, 3.63) is 47.7 Å². The number of cyclic esters (lactones) is 1. The van der Waals surface area contributed by atoms with Crippen LogP contribution < -0.4 is 0 Å². The number of carbonyl (C=O) groups excluding carboxylic acids is 2. The molecular formula is C19H24N2O4. The molecule has 25 heavy (non-hydrogen) atoms. The van der Waals surface area contributed by atoms with E-state index >= 15 is 0 Å². The average molecular weight is 344 g/mol. The molecule has 2 amide bonds. The van der Waals surface area contributed by atoms with Gasteiger partial charge < -0.3 is 14.4 Å². The molecule has 2 heterocycles. The fourth-order valence-corrected chi connectivity index (χ4v) is 3.14. The second kappa shape index (κ2) is 7.27. The molecule has 0 spiro atoms. The molecule has 1 aromatic carbocycles. The maximum Gasteiger partial charge on any atom is 0.416 e. The number of amides is 2. The van der Waals surface area contributed by atoms with Crippen molar-refractivity contribution in [2.45, 2.75) is 32.4 Å². The summed E-state index contributed by atoms with van der Waals surface area (Å²) in [6.07, 6.45) is 1.72. The smallest absolute Gasteiger partial charge is 0.412 e. The highest BCUT2D eigenvalue weighted by Gasteiger charge is 2.47. The number of hydrogen-bond acceptors (Lipinski definition) is 4. The summed E-state index contributed by atoms with van der Waals surface area (Å²) >= 11 is 0. The molecule has 0 N–H and O–H groups in total. The SMILES string of the molecule is CCC1(C)/C(=C\C(=O)N2CCOCC2)OC(=O)N1Cc1ccccc1. The van der Waals surface area contributed by atoms with E-state index in [-0.39, 0.29) is 5.91 Å². The van der Waals surface area contributed by atoms with Gasteiger partial charge in [-0.2, -0.15) is 0 Å². The second-order valence-corrected chi connectivity index (χ2v) is 6.51. The van der Waals surface area contributed by atoms with E-state index in [1.807, 2.05) is 44.2 Å². The second-order valence-electron chi connectivity index (χ2n) is 6.51. The first-order chi connectivity index (χ1) is 12.0. The van der Waals surface area contributed by atoms with Crippen LogP contribution >= 0.6 is 0 Å². The lowest BCUT2D eigenvalue weighted by atomic mass is 9.94. The minimum atomic E-state index is -0.630. The quantitative estimate of drug-likeness (QED) is 0.788. The van der Waals surface area contributed by atoms with Crippen LogP contribution in [0.1, 0.15) is 25.8 Å². The molecule has 0 aromatic heterocycles. The Morgan fingerprint density at radius 2 is 1.92 bits per heavy atom. The van der Waals surface area contributed by atoms with Crippen LogP contribution in [-0.4, -0.2) is 53.6 Å². The van der Waals surface area contributed by atoms with Crippen molar-refractivity contribution in [2.75, 3.05) is 26.3 Å². The topological polar surface area (TPSA) is 59.1 Å². The minimum Gasteiger partial charge on any atom is -0.412 e. The lowest BCUT2D eigenvalue weighted by Gasteiger charge is -2.32. The number of rotatable bonds is 4. The number of nitrogens with zero attached hydrogens (tertiary/aromatic N) is 2. The number of ether oxygens (including phenoxy) is 2. The van der Waals surface area contributed by atoms with Crippen molar-refractivity contribution >= 4 is 12.0 Å². The van der Waals surface area contributed by atoms with Gasteiger partial charge in [-0.15, -0.1) is 0 Å². The molecule has 2 aliphatic rings. The summed E-state index contributed by atoms with van der Waals surface area (Å²) in [5.74, 6) is 0.291. The Balaban J connectivity index is 1.81. The molecule has 2 saturated heterocycles. The summed E-state index contributed by atoms with van der Waals surface area (Å²) in [5, 5.41) is 0. The lowest BCUT2D eigenvalue weighted by Crippen LogP contribution is -2.44. The summed E-state index contributed by atoms with van der Waals surface area (Å²) in [4.78, 5) is 28.4. The van der Waals surface area contributed by atoms with Gasteiger partial charge in [0.1, 0.15) is 11.3 Å². The van der Waals surface area contributed by atoms with Crippen LogP contribution in [-0.2, 0) is 20.8 Å². The molecule has 6 nitrogen and oxygen atoms in total. The van der Waals surface area contributed by atoms with Crippen molar-refractivity contribution < 1.29 is 19.1 Å². The molecule has 6 heteroatoms. The van der Waals surface area contributed by atoms with E-state index in [0.29, 0.717) is 45.0 Å². The van der Waals surface area contributed by atoms with Gasteiger partial charge >= 0.3 is 6.09 Å². The first-order valence-corrected chi connectivity index (χ1v) is 8.67. The van der Waals surface area contributed by atoms with Crippen molar-refractivity contribution in [1.29, 1.82) is 0 Å². The third-order valence-electron chi connectivity index (χ3n) is 4.99. The molecule has 0 bridgehead atoms. The normalized spacial score (nSPS) is 25.4. The van der Waals surface area contributed by atoms with E-state index in [9.17, 15) is 9.59 Å². The lowest BCUT2D eigenvalue weighted by molar-refractivity contribution is -0.130. The van der Waals surface area contributed by atoms with E-state index in [1.165, 1.54) is 6.08 Å². The molecule has 2 aliphatic heterocycles. The molecule has 0 saturated carbocycles. The van der Waals surface area contributed by atoms with Crippen LogP contribution in [0.15, 0.2) is 42.2 Å². The Bertz CT molecular complexity index is 667. The van der Waals surface area contributed by atoms with Crippen LogP contribution in [0, 0.1) is 0 Å². The summed E-state index contributed by atoms with van der Waals surface area (Å²) in [6, 6.07) is 9.78. The van der Waals surface area contributed by atoms with Gasteiger partial charge in [0.05, 0.1) is 19.8 Å². The van der Waals surface area contributed by atoms with E-state index in [1.54, 1.807) is 9.80 Å². The Kier molecular flexibility index (Phi) is 5.08.